The van der Waals surface area contributed by atoms with Gasteiger partial charge < -0.3 is 14.6 Å². The van der Waals surface area contributed by atoms with Gasteiger partial charge >= 0.3 is 5.97 Å². The highest BCUT2D eigenvalue weighted by molar-refractivity contribution is 7.12. The number of hydrogen-bond donors (Lipinski definition) is 1. The van der Waals surface area contributed by atoms with Gasteiger partial charge in [0.15, 0.2) is 5.78 Å². The quantitative estimate of drug-likeness (QED) is 0.535. The van der Waals surface area contributed by atoms with E-state index >= 15 is 0 Å². The van der Waals surface area contributed by atoms with E-state index < -0.39 is 12.0 Å². The summed E-state index contributed by atoms with van der Waals surface area (Å²) < 4.78 is 5.07. The monoisotopic (exact) mass is 402 g/mol. The third-order valence-electron chi connectivity index (χ3n) is 5.16. The number of rotatable bonds is 8. The number of aromatic nitrogens is 1. The Labute approximate surface area is 168 Å². The topological polar surface area (TPSA) is 79.5 Å². The van der Waals surface area contributed by atoms with Crippen LogP contribution in [0.3, 0.4) is 0 Å². The molecule has 0 bridgehead atoms. The first-order chi connectivity index (χ1) is 13.3. The molecule has 28 heavy (non-hydrogen) atoms. The van der Waals surface area contributed by atoms with Crippen LogP contribution in [0.1, 0.15) is 68.5 Å². The van der Waals surface area contributed by atoms with Gasteiger partial charge in [-0.25, -0.2) is 4.79 Å². The van der Waals surface area contributed by atoms with Gasteiger partial charge in [0.1, 0.15) is 5.69 Å². The third-order valence-corrected chi connectivity index (χ3v) is 6.01. The molecule has 0 radical (unpaired) electrons. The number of ketones is 1. The third kappa shape index (κ3) is 4.04. The van der Waals surface area contributed by atoms with Crippen molar-refractivity contribution in [3.63, 3.8) is 0 Å². The van der Waals surface area contributed by atoms with Crippen molar-refractivity contribution in [3.05, 3.63) is 44.9 Å². The highest BCUT2D eigenvalue weighted by Crippen LogP contribution is 2.32. The average molecular weight is 403 g/mol. The van der Waals surface area contributed by atoms with Gasteiger partial charge in [0.05, 0.1) is 17.5 Å². The molecule has 1 N–H and O–H groups in total. The van der Waals surface area contributed by atoms with Crippen LogP contribution in [0.15, 0.2) is 17.5 Å². The van der Waals surface area contributed by atoms with Crippen LogP contribution in [0.25, 0.3) is 0 Å². The van der Waals surface area contributed by atoms with Gasteiger partial charge in [0.25, 0.3) is 5.91 Å². The van der Waals surface area contributed by atoms with Crippen LogP contribution < -0.4 is 0 Å². The first-order valence-electron chi connectivity index (χ1n) is 9.60. The lowest BCUT2D eigenvalue weighted by molar-refractivity contribution is 0.0519. The molecule has 0 spiro atoms. The number of nitrogens with zero attached hydrogens (tertiary/aromatic N) is 1. The van der Waals surface area contributed by atoms with Crippen LogP contribution in [-0.2, 0) is 4.74 Å². The highest BCUT2D eigenvalue weighted by atomic mass is 32.1. The molecular formula is C21H26N2O4S. The van der Waals surface area contributed by atoms with Crippen LogP contribution in [0.5, 0.6) is 0 Å². The number of nitrogens with one attached hydrogen (secondary N) is 1. The lowest BCUT2D eigenvalue weighted by Gasteiger charge is -2.28. The fourth-order valence-electron chi connectivity index (χ4n) is 3.41. The maximum absolute atomic E-state index is 13.3. The Bertz CT molecular complexity index is 881. The maximum atomic E-state index is 13.3. The number of carbonyl (C=O) groups excluding carboxylic acids is 3. The number of aryl methyl sites for hydroxylation is 1. The number of thiophene rings is 1. The predicted octanol–water partition coefficient (Wildman–Crippen LogP) is 3.99. The minimum Gasteiger partial charge on any atom is -0.461 e. The smallest absolute Gasteiger partial charge is 0.355 e. The van der Waals surface area contributed by atoms with Gasteiger partial charge in [-0.3, -0.25) is 9.59 Å². The lowest BCUT2D eigenvalue weighted by atomic mass is 9.99. The molecule has 0 aliphatic heterocycles. The van der Waals surface area contributed by atoms with E-state index in [-0.39, 0.29) is 18.3 Å². The second kappa shape index (κ2) is 8.31. The largest absolute Gasteiger partial charge is 0.461 e. The predicted molar refractivity (Wildman–Crippen MR) is 108 cm³/mol. The molecule has 2 heterocycles. The molecule has 1 saturated carbocycles. The summed E-state index contributed by atoms with van der Waals surface area (Å²) in [5, 5.41) is 1.86. The molecule has 150 valence electrons. The normalized spacial score (nSPS) is 14.6. The van der Waals surface area contributed by atoms with E-state index in [9.17, 15) is 14.4 Å². The summed E-state index contributed by atoms with van der Waals surface area (Å²) in [5.74, 6) is -0.284. The summed E-state index contributed by atoms with van der Waals surface area (Å²) in [7, 11) is 0. The minimum absolute atomic E-state index is 0.112. The van der Waals surface area contributed by atoms with Gasteiger partial charge in [-0.05, 0) is 63.5 Å². The van der Waals surface area contributed by atoms with Crippen molar-refractivity contribution in [2.24, 2.45) is 5.92 Å². The Balaban J connectivity index is 1.89. The number of aromatic amines is 1. The Morgan fingerprint density at radius 2 is 2.04 bits per heavy atom. The Hall–Kier alpha value is -2.41. The second-order valence-corrected chi connectivity index (χ2v) is 8.21. The first-order valence-corrected chi connectivity index (χ1v) is 10.5. The molecule has 1 aliphatic carbocycles. The van der Waals surface area contributed by atoms with E-state index in [0.717, 1.165) is 12.8 Å². The van der Waals surface area contributed by atoms with E-state index in [1.54, 1.807) is 38.7 Å². The van der Waals surface area contributed by atoms with Crippen LogP contribution in [0.2, 0.25) is 0 Å². The number of H-pyrrole nitrogens is 1. The fraction of sp³-hybridized carbons (Fsp3) is 0.476. The van der Waals surface area contributed by atoms with Crippen LogP contribution in [-0.4, -0.2) is 46.7 Å². The fourth-order valence-corrected chi connectivity index (χ4v) is 4.09. The highest BCUT2D eigenvalue weighted by Gasteiger charge is 2.35. The molecule has 1 amide bonds. The number of esters is 1. The average Bonchev–Trinajstić information content (AvgIpc) is 3.21. The molecule has 1 unspecified atom stereocenters. The molecule has 1 fully saturated rings. The van der Waals surface area contributed by atoms with E-state index in [1.807, 2.05) is 11.4 Å². The van der Waals surface area contributed by atoms with Crippen LogP contribution >= 0.6 is 11.3 Å². The maximum Gasteiger partial charge on any atom is 0.355 e. The Morgan fingerprint density at radius 3 is 2.61 bits per heavy atom. The zero-order valence-corrected chi connectivity index (χ0v) is 17.5. The van der Waals surface area contributed by atoms with E-state index in [2.05, 4.69) is 4.98 Å². The van der Waals surface area contributed by atoms with Crippen LogP contribution in [0, 0.1) is 19.8 Å². The number of Topliss-reactive ketones (excluding diaryl/α,β-unsaturated/α-hetero) is 1. The summed E-state index contributed by atoms with van der Waals surface area (Å²) in [6.07, 6.45) is 2.18. The van der Waals surface area contributed by atoms with Crippen molar-refractivity contribution in [3.8, 4) is 0 Å². The molecule has 0 saturated heterocycles. The second-order valence-electron chi connectivity index (χ2n) is 7.26. The van der Waals surface area contributed by atoms with Gasteiger partial charge in [0, 0.05) is 17.8 Å². The first kappa shape index (κ1) is 20.3. The molecule has 0 aromatic carbocycles. The number of hydrogen-bond acceptors (Lipinski definition) is 5. The summed E-state index contributed by atoms with van der Waals surface area (Å²) in [4.78, 5) is 43.8. The van der Waals surface area contributed by atoms with Crippen molar-refractivity contribution in [1.29, 1.82) is 0 Å². The molecule has 1 aliphatic rings. The van der Waals surface area contributed by atoms with Crippen molar-refractivity contribution < 1.29 is 19.1 Å². The molecule has 2 aromatic heterocycles. The minimum atomic E-state index is -0.613. The molecular weight excluding hydrogens is 376 g/mol. The number of amides is 1. The Morgan fingerprint density at radius 1 is 1.32 bits per heavy atom. The zero-order valence-electron chi connectivity index (χ0n) is 16.7. The standard InChI is InChI=1S/C21H26N2O4S/c1-5-27-21(26)18-12(2)17(13(3)22-18)19(24)14(4)23(11-15-8-9-15)20(25)16-7-6-10-28-16/h6-7,10,14-15,22H,5,8-9,11H2,1-4H3. The summed E-state index contributed by atoms with van der Waals surface area (Å²) in [6, 6.07) is 3.01. The summed E-state index contributed by atoms with van der Waals surface area (Å²) >= 11 is 1.38. The molecule has 1 atom stereocenters. The number of carbonyl (C=O) groups is 3. The number of ether oxygens (including phenoxy) is 1. The summed E-state index contributed by atoms with van der Waals surface area (Å²) in [5.41, 5.74) is 1.96. The van der Waals surface area contributed by atoms with Gasteiger partial charge in [-0.1, -0.05) is 6.07 Å². The summed E-state index contributed by atoms with van der Waals surface area (Å²) in [6.45, 7) is 7.86. The molecule has 6 nitrogen and oxygen atoms in total. The van der Waals surface area contributed by atoms with E-state index in [4.69, 9.17) is 4.74 Å². The van der Waals surface area contributed by atoms with Gasteiger partial charge in [0.2, 0.25) is 0 Å². The molecule has 3 rings (SSSR count). The van der Waals surface area contributed by atoms with Gasteiger partial charge in [-0.15, -0.1) is 11.3 Å². The molecule has 7 heteroatoms. The van der Waals surface area contributed by atoms with Crippen LogP contribution in [0.4, 0.5) is 0 Å². The van der Waals surface area contributed by atoms with Crippen molar-refractivity contribution >= 4 is 29.0 Å². The molecule has 2 aromatic rings. The van der Waals surface area contributed by atoms with Gasteiger partial charge in [-0.2, -0.15) is 0 Å². The van der Waals surface area contributed by atoms with Crippen molar-refractivity contribution in [2.45, 2.75) is 46.6 Å². The van der Waals surface area contributed by atoms with E-state index in [1.165, 1.54) is 11.3 Å². The van der Waals surface area contributed by atoms with Crippen molar-refractivity contribution in [1.82, 2.24) is 9.88 Å². The lowest BCUT2D eigenvalue weighted by Crippen LogP contribution is -2.44. The van der Waals surface area contributed by atoms with E-state index in [0.29, 0.717) is 39.9 Å². The zero-order chi connectivity index (χ0) is 20.4. The SMILES string of the molecule is CCOC(=O)c1[nH]c(C)c(C(=O)C(C)N(CC2CC2)C(=O)c2cccs2)c1C. The Kier molecular flexibility index (Phi) is 6.03. The van der Waals surface area contributed by atoms with Crippen molar-refractivity contribution in [2.75, 3.05) is 13.2 Å².